The van der Waals surface area contributed by atoms with Gasteiger partial charge in [-0.3, -0.25) is 0 Å². The molecule has 0 aromatic carbocycles. The molecule has 1 aromatic heterocycles. The number of rotatable bonds is 9. The molecule has 3 N–H and O–H groups in total. The van der Waals surface area contributed by atoms with E-state index in [1.54, 1.807) is 6.07 Å². The van der Waals surface area contributed by atoms with Crippen molar-refractivity contribution in [3.8, 4) is 0 Å². The van der Waals surface area contributed by atoms with Crippen LogP contribution in [-0.4, -0.2) is 27.0 Å². The van der Waals surface area contributed by atoms with Crippen LogP contribution in [0, 0.1) is 6.92 Å². The minimum absolute atomic E-state index is 0.377. The SMILES string of the molecule is CSCCCCCNS(=O)(=O)c1cc(CN)sc1C. The van der Waals surface area contributed by atoms with E-state index in [4.69, 9.17) is 5.73 Å². The van der Waals surface area contributed by atoms with Crippen molar-refractivity contribution in [1.82, 2.24) is 4.72 Å². The van der Waals surface area contributed by atoms with E-state index in [-0.39, 0.29) is 0 Å². The maximum Gasteiger partial charge on any atom is 0.241 e. The van der Waals surface area contributed by atoms with Crippen molar-refractivity contribution >= 4 is 33.1 Å². The van der Waals surface area contributed by atoms with Crippen LogP contribution in [0.3, 0.4) is 0 Å². The Bertz CT molecular complexity index is 483. The van der Waals surface area contributed by atoms with E-state index < -0.39 is 10.0 Å². The summed E-state index contributed by atoms with van der Waals surface area (Å²) in [7, 11) is -3.37. The van der Waals surface area contributed by atoms with Crippen LogP contribution in [0.1, 0.15) is 29.0 Å². The van der Waals surface area contributed by atoms with Crippen molar-refractivity contribution in [2.75, 3.05) is 18.6 Å². The zero-order valence-electron chi connectivity index (χ0n) is 11.4. The lowest BCUT2D eigenvalue weighted by Gasteiger charge is -2.06. The average Bonchev–Trinajstić information content (AvgIpc) is 2.76. The summed E-state index contributed by atoms with van der Waals surface area (Å²) in [6.07, 6.45) is 5.15. The molecule has 0 bridgehead atoms. The fourth-order valence-electron chi connectivity index (χ4n) is 1.72. The molecule has 1 heterocycles. The summed E-state index contributed by atoms with van der Waals surface area (Å²) in [5.74, 6) is 1.14. The Morgan fingerprint density at radius 3 is 2.68 bits per heavy atom. The number of nitrogens with one attached hydrogen (secondary N) is 1. The van der Waals surface area contributed by atoms with Gasteiger partial charge in [0.15, 0.2) is 0 Å². The highest BCUT2D eigenvalue weighted by molar-refractivity contribution is 7.98. The summed E-state index contributed by atoms with van der Waals surface area (Å²) in [5, 5.41) is 0. The topological polar surface area (TPSA) is 72.2 Å². The van der Waals surface area contributed by atoms with Gasteiger partial charge in [0, 0.05) is 22.8 Å². The Labute approximate surface area is 124 Å². The van der Waals surface area contributed by atoms with Crippen LogP contribution in [0.25, 0.3) is 0 Å². The second-order valence-corrected chi connectivity index (χ2v) is 8.35. The van der Waals surface area contributed by atoms with Crippen LogP contribution in [0.4, 0.5) is 0 Å². The number of aryl methyl sites for hydroxylation is 1. The second kappa shape index (κ2) is 8.26. The van der Waals surface area contributed by atoms with Crippen molar-refractivity contribution in [2.24, 2.45) is 5.73 Å². The van der Waals surface area contributed by atoms with Crippen molar-refractivity contribution in [2.45, 2.75) is 37.6 Å². The third kappa shape index (κ3) is 5.43. The molecule has 0 unspecified atom stereocenters. The second-order valence-electron chi connectivity index (χ2n) is 4.29. The Kier molecular flexibility index (Phi) is 7.38. The third-order valence-corrected chi connectivity index (χ3v) is 6.22. The Morgan fingerprint density at radius 2 is 2.11 bits per heavy atom. The van der Waals surface area contributed by atoms with E-state index >= 15 is 0 Å². The third-order valence-electron chi connectivity index (χ3n) is 2.73. The van der Waals surface area contributed by atoms with Crippen molar-refractivity contribution in [1.29, 1.82) is 0 Å². The summed E-state index contributed by atoms with van der Waals surface area (Å²) in [5.41, 5.74) is 5.54. The van der Waals surface area contributed by atoms with Gasteiger partial charge >= 0.3 is 0 Å². The number of nitrogens with two attached hydrogens (primary N) is 1. The van der Waals surface area contributed by atoms with Gasteiger partial charge in [-0.25, -0.2) is 13.1 Å². The van der Waals surface area contributed by atoms with Crippen LogP contribution >= 0.6 is 23.1 Å². The monoisotopic (exact) mass is 322 g/mol. The first-order valence-electron chi connectivity index (χ1n) is 6.29. The van der Waals surface area contributed by atoms with Crippen LogP contribution in [0.2, 0.25) is 0 Å². The molecule has 7 heteroatoms. The van der Waals surface area contributed by atoms with Crippen molar-refractivity contribution in [3.63, 3.8) is 0 Å². The molecule has 110 valence electrons. The van der Waals surface area contributed by atoms with Gasteiger partial charge in [-0.05, 0) is 37.8 Å². The molecule has 0 saturated carbocycles. The molecule has 0 amide bonds. The molecule has 1 rings (SSSR count). The maximum atomic E-state index is 12.1. The molecular weight excluding hydrogens is 300 g/mol. The smallest absolute Gasteiger partial charge is 0.241 e. The Balaban J connectivity index is 2.49. The van der Waals surface area contributed by atoms with E-state index in [9.17, 15) is 8.42 Å². The molecule has 0 saturated heterocycles. The molecule has 0 aliphatic heterocycles. The quantitative estimate of drug-likeness (QED) is 0.684. The fraction of sp³-hybridized carbons (Fsp3) is 0.667. The summed E-state index contributed by atoms with van der Waals surface area (Å²) in [4.78, 5) is 2.08. The van der Waals surface area contributed by atoms with Crippen molar-refractivity contribution in [3.05, 3.63) is 15.8 Å². The predicted molar refractivity (Wildman–Crippen MR) is 84.4 cm³/mol. The van der Waals surface area contributed by atoms with Gasteiger partial charge in [-0.2, -0.15) is 11.8 Å². The summed E-state index contributed by atoms with van der Waals surface area (Å²) in [6.45, 7) is 2.70. The lowest BCUT2D eigenvalue weighted by molar-refractivity contribution is 0.576. The zero-order chi connectivity index (χ0) is 14.3. The molecule has 0 aliphatic carbocycles. The Morgan fingerprint density at radius 1 is 1.37 bits per heavy atom. The van der Waals surface area contributed by atoms with Crippen LogP contribution < -0.4 is 10.5 Å². The van der Waals surface area contributed by atoms with Gasteiger partial charge in [0.1, 0.15) is 0 Å². The van der Waals surface area contributed by atoms with E-state index in [1.807, 2.05) is 18.7 Å². The maximum absolute atomic E-state index is 12.1. The normalized spacial score (nSPS) is 11.9. The minimum atomic E-state index is -3.37. The van der Waals surface area contributed by atoms with Crippen molar-refractivity contribution < 1.29 is 8.42 Å². The molecule has 0 aliphatic rings. The molecule has 1 aromatic rings. The highest BCUT2D eigenvalue weighted by Crippen LogP contribution is 2.25. The largest absolute Gasteiger partial charge is 0.326 e. The molecule has 19 heavy (non-hydrogen) atoms. The predicted octanol–water partition coefficient (Wildman–Crippen LogP) is 2.33. The number of sulfonamides is 1. The molecule has 4 nitrogen and oxygen atoms in total. The first kappa shape index (κ1) is 17.0. The highest BCUT2D eigenvalue weighted by atomic mass is 32.2. The summed E-state index contributed by atoms with van der Waals surface area (Å²) >= 11 is 3.26. The number of hydrogen-bond donors (Lipinski definition) is 2. The van der Waals surface area contributed by atoms with Gasteiger partial charge in [0.2, 0.25) is 10.0 Å². The highest BCUT2D eigenvalue weighted by Gasteiger charge is 2.18. The molecule has 0 spiro atoms. The molecular formula is C12H22N2O2S3. The number of thioether (sulfide) groups is 1. The van der Waals surface area contributed by atoms with E-state index in [2.05, 4.69) is 11.0 Å². The number of hydrogen-bond acceptors (Lipinski definition) is 5. The molecule has 0 atom stereocenters. The van der Waals surface area contributed by atoms with E-state index in [0.717, 1.165) is 34.8 Å². The Hall–Kier alpha value is -0.0800. The van der Waals surface area contributed by atoms with Gasteiger partial charge in [-0.15, -0.1) is 11.3 Å². The van der Waals surface area contributed by atoms with E-state index in [1.165, 1.54) is 11.3 Å². The molecule has 0 radical (unpaired) electrons. The van der Waals surface area contributed by atoms with Crippen LogP contribution in [0.5, 0.6) is 0 Å². The van der Waals surface area contributed by atoms with Gasteiger partial charge < -0.3 is 5.73 Å². The standard InChI is InChI=1S/C12H22N2O2S3/c1-10-12(8-11(9-13)18-10)19(15,16)14-6-4-3-5-7-17-2/h8,14H,3-7,9,13H2,1-2H3. The minimum Gasteiger partial charge on any atom is -0.326 e. The lowest BCUT2D eigenvalue weighted by atomic mass is 10.2. The zero-order valence-corrected chi connectivity index (χ0v) is 13.9. The number of thiophene rings is 1. The molecule has 0 fully saturated rings. The summed E-state index contributed by atoms with van der Waals surface area (Å²) in [6, 6.07) is 1.68. The van der Waals surface area contributed by atoms with Gasteiger partial charge in [0.05, 0.1) is 4.90 Å². The first-order chi connectivity index (χ1) is 9.01. The average molecular weight is 323 g/mol. The van der Waals surface area contributed by atoms with E-state index in [0.29, 0.717) is 18.0 Å². The fourth-order valence-corrected chi connectivity index (χ4v) is 4.80. The van der Waals surface area contributed by atoms with Gasteiger partial charge in [0.25, 0.3) is 0 Å². The number of unbranched alkanes of at least 4 members (excludes halogenated alkanes) is 2. The van der Waals surface area contributed by atoms with Crippen LogP contribution in [-0.2, 0) is 16.6 Å². The summed E-state index contributed by atoms with van der Waals surface area (Å²) < 4.78 is 26.9. The lowest BCUT2D eigenvalue weighted by Crippen LogP contribution is -2.25. The van der Waals surface area contributed by atoms with Gasteiger partial charge in [-0.1, -0.05) is 6.42 Å². The first-order valence-corrected chi connectivity index (χ1v) is 9.98. The van der Waals surface area contributed by atoms with Crippen LogP contribution in [0.15, 0.2) is 11.0 Å².